The third-order valence-electron chi connectivity index (χ3n) is 3.33. The molecule has 1 aliphatic heterocycles. The molecule has 0 bridgehead atoms. The minimum absolute atomic E-state index is 0.160. The Bertz CT molecular complexity index is 524. The molecule has 1 heterocycles. The van der Waals surface area contributed by atoms with Crippen molar-refractivity contribution >= 4 is 17.3 Å². The molecule has 1 saturated heterocycles. The van der Waals surface area contributed by atoms with Crippen LogP contribution in [0.1, 0.15) is 19.8 Å². The number of nitrogens with zero attached hydrogens (tertiary/aromatic N) is 1. The zero-order valence-corrected chi connectivity index (χ0v) is 10.5. The van der Waals surface area contributed by atoms with Crippen molar-refractivity contribution in [1.29, 1.82) is 0 Å². The Hall–Kier alpha value is -2.15. The van der Waals surface area contributed by atoms with Gasteiger partial charge in [0.2, 0.25) is 5.91 Å². The van der Waals surface area contributed by atoms with E-state index in [4.69, 9.17) is 0 Å². The quantitative estimate of drug-likeness (QED) is 0.435. The van der Waals surface area contributed by atoms with Gasteiger partial charge in [-0.05, 0) is 32.4 Å². The van der Waals surface area contributed by atoms with Crippen LogP contribution in [0.4, 0.5) is 11.4 Å². The van der Waals surface area contributed by atoms with Crippen molar-refractivity contribution in [3.63, 3.8) is 0 Å². The molecule has 1 atom stereocenters. The van der Waals surface area contributed by atoms with Crippen LogP contribution in [0.3, 0.4) is 0 Å². The largest absolute Gasteiger partial charge is 0.505 e. The van der Waals surface area contributed by atoms with E-state index in [1.165, 1.54) is 18.2 Å². The molecule has 0 radical (unpaired) electrons. The maximum atomic E-state index is 12.2. The number of nitro benzene ring substituents is 1. The van der Waals surface area contributed by atoms with Crippen LogP contribution in [0.5, 0.6) is 5.75 Å². The Morgan fingerprint density at radius 2 is 2.32 bits per heavy atom. The molecule has 7 nitrogen and oxygen atoms in total. The van der Waals surface area contributed by atoms with Gasteiger partial charge in [-0.2, -0.15) is 0 Å². The van der Waals surface area contributed by atoms with Gasteiger partial charge in [0.05, 0.1) is 10.5 Å². The van der Waals surface area contributed by atoms with Crippen LogP contribution in [-0.2, 0) is 4.79 Å². The van der Waals surface area contributed by atoms with Crippen molar-refractivity contribution in [1.82, 2.24) is 5.32 Å². The molecule has 1 unspecified atom stereocenters. The zero-order chi connectivity index (χ0) is 14.0. The van der Waals surface area contributed by atoms with Crippen molar-refractivity contribution in [3.05, 3.63) is 28.3 Å². The van der Waals surface area contributed by atoms with Gasteiger partial charge in [-0.1, -0.05) is 6.07 Å². The highest BCUT2D eigenvalue weighted by Gasteiger charge is 2.37. The minimum Gasteiger partial charge on any atom is -0.505 e. The molecule has 0 aromatic heterocycles. The van der Waals surface area contributed by atoms with E-state index < -0.39 is 10.5 Å². The fraction of sp³-hybridized carbons (Fsp3) is 0.417. The fourth-order valence-electron chi connectivity index (χ4n) is 2.15. The summed E-state index contributed by atoms with van der Waals surface area (Å²) in [5, 5.41) is 26.1. The number of carbonyl (C=O) groups excluding carboxylic acids is 1. The number of phenolic OH excluding ortho intramolecular Hbond substituents is 1. The number of hydrogen-bond donors (Lipinski definition) is 3. The van der Waals surface area contributed by atoms with E-state index in [9.17, 15) is 20.0 Å². The summed E-state index contributed by atoms with van der Waals surface area (Å²) < 4.78 is 0. The van der Waals surface area contributed by atoms with Gasteiger partial charge < -0.3 is 15.7 Å². The standard InChI is InChI=1S/C12H15N3O4/c1-12(6-3-7-13-12)11(17)14-10-8(15(18)19)4-2-5-9(10)16/h2,4-5,13,16H,3,6-7H2,1H3,(H,14,17). The Labute approximate surface area is 109 Å². The summed E-state index contributed by atoms with van der Waals surface area (Å²) in [6.07, 6.45) is 1.52. The first-order valence-electron chi connectivity index (χ1n) is 5.97. The Balaban J connectivity index is 2.28. The first kappa shape index (κ1) is 13.3. The van der Waals surface area contributed by atoms with Gasteiger partial charge in [0, 0.05) is 6.07 Å². The maximum absolute atomic E-state index is 12.2. The van der Waals surface area contributed by atoms with Crippen LogP contribution >= 0.6 is 0 Å². The van der Waals surface area contributed by atoms with E-state index in [0.29, 0.717) is 6.42 Å². The lowest BCUT2D eigenvalue weighted by Gasteiger charge is -2.23. The van der Waals surface area contributed by atoms with Crippen molar-refractivity contribution in [2.75, 3.05) is 11.9 Å². The van der Waals surface area contributed by atoms with Crippen molar-refractivity contribution in [2.45, 2.75) is 25.3 Å². The van der Waals surface area contributed by atoms with Crippen molar-refractivity contribution in [3.8, 4) is 5.75 Å². The molecule has 19 heavy (non-hydrogen) atoms. The lowest BCUT2D eigenvalue weighted by Crippen LogP contribution is -2.48. The van der Waals surface area contributed by atoms with Crippen LogP contribution in [0.2, 0.25) is 0 Å². The second-order valence-corrected chi connectivity index (χ2v) is 4.74. The number of phenols is 1. The Morgan fingerprint density at radius 1 is 1.58 bits per heavy atom. The maximum Gasteiger partial charge on any atom is 0.296 e. The second kappa shape index (κ2) is 4.85. The van der Waals surface area contributed by atoms with E-state index in [0.717, 1.165) is 13.0 Å². The van der Waals surface area contributed by atoms with Gasteiger partial charge in [-0.3, -0.25) is 14.9 Å². The molecule has 0 aliphatic carbocycles. The molecule has 1 aromatic rings. The number of nitrogens with one attached hydrogen (secondary N) is 2. The third-order valence-corrected chi connectivity index (χ3v) is 3.33. The van der Waals surface area contributed by atoms with E-state index in [1.54, 1.807) is 6.92 Å². The van der Waals surface area contributed by atoms with Crippen LogP contribution < -0.4 is 10.6 Å². The predicted molar refractivity (Wildman–Crippen MR) is 69.0 cm³/mol. The van der Waals surface area contributed by atoms with E-state index >= 15 is 0 Å². The number of nitro groups is 1. The summed E-state index contributed by atoms with van der Waals surface area (Å²) in [7, 11) is 0. The lowest BCUT2D eigenvalue weighted by atomic mass is 9.99. The average molecular weight is 265 g/mol. The highest BCUT2D eigenvalue weighted by molar-refractivity contribution is 6.00. The summed E-state index contributed by atoms with van der Waals surface area (Å²) >= 11 is 0. The molecule has 2 rings (SSSR count). The second-order valence-electron chi connectivity index (χ2n) is 4.74. The van der Waals surface area contributed by atoms with Gasteiger partial charge in [0.25, 0.3) is 5.69 Å². The normalized spacial score (nSPS) is 22.2. The van der Waals surface area contributed by atoms with Crippen LogP contribution in [-0.4, -0.2) is 28.0 Å². The van der Waals surface area contributed by atoms with E-state index in [2.05, 4.69) is 10.6 Å². The van der Waals surface area contributed by atoms with E-state index in [1.807, 2.05) is 0 Å². The van der Waals surface area contributed by atoms with E-state index in [-0.39, 0.29) is 23.0 Å². The molecule has 1 aromatic carbocycles. The number of carbonyl (C=O) groups is 1. The first-order chi connectivity index (χ1) is 8.94. The molecular weight excluding hydrogens is 250 g/mol. The molecule has 7 heteroatoms. The predicted octanol–water partition coefficient (Wildman–Crippen LogP) is 1.38. The molecule has 1 amide bonds. The third kappa shape index (κ3) is 2.50. The lowest BCUT2D eigenvalue weighted by molar-refractivity contribution is -0.384. The highest BCUT2D eigenvalue weighted by atomic mass is 16.6. The number of amides is 1. The average Bonchev–Trinajstić information content (AvgIpc) is 2.79. The van der Waals surface area contributed by atoms with Crippen LogP contribution in [0.25, 0.3) is 0 Å². The number of hydrogen-bond acceptors (Lipinski definition) is 5. The zero-order valence-electron chi connectivity index (χ0n) is 10.5. The molecule has 1 aliphatic rings. The van der Waals surface area contributed by atoms with Crippen LogP contribution in [0.15, 0.2) is 18.2 Å². The highest BCUT2D eigenvalue weighted by Crippen LogP contribution is 2.34. The summed E-state index contributed by atoms with van der Waals surface area (Å²) in [6, 6.07) is 3.89. The smallest absolute Gasteiger partial charge is 0.296 e. The number of para-hydroxylation sites is 1. The minimum atomic E-state index is -0.754. The number of benzene rings is 1. The fourth-order valence-corrected chi connectivity index (χ4v) is 2.15. The first-order valence-corrected chi connectivity index (χ1v) is 5.97. The van der Waals surface area contributed by atoms with Crippen molar-refractivity contribution < 1.29 is 14.8 Å². The molecule has 102 valence electrons. The SMILES string of the molecule is CC1(C(=O)Nc2c(O)cccc2[N+](=O)[O-])CCCN1. The molecule has 0 spiro atoms. The van der Waals surface area contributed by atoms with Gasteiger partial charge in [-0.15, -0.1) is 0 Å². The van der Waals surface area contributed by atoms with Crippen molar-refractivity contribution in [2.24, 2.45) is 0 Å². The monoisotopic (exact) mass is 265 g/mol. The molecular formula is C12H15N3O4. The molecule has 0 saturated carbocycles. The summed E-state index contributed by atoms with van der Waals surface area (Å²) in [5.74, 6) is -0.696. The Morgan fingerprint density at radius 3 is 2.89 bits per heavy atom. The van der Waals surface area contributed by atoms with Gasteiger partial charge in [-0.25, -0.2) is 0 Å². The van der Waals surface area contributed by atoms with Gasteiger partial charge in [0.15, 0.2) is 5.69 Å². The number of anilines is 1. The summed E-state index contributed by atoms with van der Waals surface area (Å²) in [6.45, 7) is 2.47. The Kier molecular flexibility index (Phi) is 3.39. The van der Waals surface area contributed by atoms with Crippen LogP contribution in [0, 0.1) is 10.1 Å². The molecule has 3 N–H and O–H groups in total. The topological polar surface area (TPSA) is 104 Å². The summed E-state index contributed by atoms with van der Waals surface area (Å²) in [5.41, 5.74) is -1.24. The van der Waals surface area contributed by atoms with Gasteiger partial charge >= 0.3 is 0 Å². The number of rotatable bonds is 3. The number of aromatic hydroxyl groups is 1. The van der Waals surface area contributed by atoms with Gasteiger partial charge in [0.1, 0.15) is 5.75 Å². The molecule has 1 fully saturated rings. The summed E-state index contributed by atoms with van der Waals surface area (Å²) in [4.78, 5) is 22.4.